The fourth-order valence-electron chi connectivity index (χ4n) is 3.94. The first kappa shape index (κ1) is 20.0. The minimum atomic E-state index is -0.912. The van der Waals surface area contributed by atoms with Crippen LogP contribution in [0, 0.1) is 0 Å². The van der Waals surface area contributed by atoms with Gasteiger partial charge in [0.1, 0.15) is 5.54 Å². The monoisotopic (exact) mass is 381 g/mol. The normalized spacial score (nSPS) is 25.1. The van der Waals surface area contributed by atoms with E-state index in [9.17, 15) is 19.5 Å². The number of carbonyl (C=O) groups excluding carboxylic acids is 3. The van der Waals surface area contributed by atoms with Crippen molar-refractivity contribution in [2.45, 2.75) is 38.3 Å². The summed E-state index contributed by atoms with van der Waals surface area (Å²) in [6.07, 6.45) is 1.42. The molecule has 27 heavy (non-hydrogen) atoms. The van der Waals surface area contributed by atoms with Gasteiger partial charge in [0.25, 0.3) is 5.91 Å². The molecule has 0 unspecified atom stereocenters. The van der Waals surface area contributed by atoms with Crippen LogP contribution in [0.1, 0.15) is 26.7 Å². The second-order valence-corrected chi connectivity index (χ2v) is 8.29. The van der Waals surface area contributed by atoms with Crippen LogP contribution < -0.4 is 5.32 Å². The molecule has 1 atom stereocenters. The van der Waals surface area contributed by atoms with Gasteiger partial charge in [0.05, 0.1) is 19.2 Å². The van der Waals surface area contributed by atoms with Gasteiger partial charge in [0.15, 0.2) is 0 Å². The number of hydrogen-bond acceptors (Lipinski definition) is 6. The van der Waals surface area contributed by atoms with Crippen molar-refractivity contribution in [3.63, 3.8) is 0 Å². The van der Waals surface area contributed by atoms with Crippen molar-refractivity contribution in [1.29, 1.82) is 0 Å². The Morgan fingerprint density at radius 2 is 1.63 bits per heavy atom. The van der Waals surface area contributed by atoms with Gasteiger partial charge in [0, 0.05) is 45.8 Å². The van der Waals surface area contributed by atoms with Gasteiger partial charge in [-0.1, -0.05) is 0 Å². The minimum absolute atomic E-state index is 0.00174. The maximum absolute atomic E-state index is 12.2. The highest BCUT2D eigenvalue weighted by molar-refractivity contribution is 6.06. The number of aliphatic hydroxyl groups is 1. The van der Waals surface area contributed by atoms with Crippen LogP contribution >= 0.6 is 0 Å². The van der Waals surface area contributed by atoms with E-state index in [2.05, 4.69) is 15.1 Å². The zero-order chi connectivity index (χ0) is 19.6. The number of amides is 4. The number of piperazine rings is 1. The topological polar surface area (TPSA) is 96.4 Å². The largest absolute Gasteiger partial charge is 0.390 e. The van der Waals surface area contributed by atoms with E-state index in [4.69, 9.17) is 0 Å². The summed E-state index contributed by atoms with van der Waals surface area (Å²) >= 11 is 0. The molecule has 152 valence electrons. The van der Waals surface area contributed by atoms with E-state index in [1.807, 2.05) is 4.90 Å². The number of urea groups is 1. The molecule has 2 N–H and O–H groups in total. The van der Waals surface area contributed by atoms with E-state index in [0.29, 0.717) is 13.1 Å². The van der Waals surface area contributed by atoms with Gasteiger partial charge in [-0.3, -0.25) is 24.3 Å². The summed E-state index contributed by atoms with van der Waals surface area (Å²) in [5.41, 5.74) is -0.912. The molecule has 3 saturated heterocycles. The van der Waals surface area contributed by atoms with E-state index in [-0.39, 0.29) is 18.4 Å². The first-order valence-electron chi connectivity index (χ1n) is 9.81. The van der Waals surface area contributed by atoms with Crippen molar-refractivity contribution in [2.75, 3.05) is 58.9 Å². The summed E-state index contributed by atoms with van der Waals surface area (Å²) in [4.78, 5) is 43.6. The zero-order valence-electron chi connectivity index (χ0n) is 16.3. The van der Waals surface area contributed by atoms with Crippen molar-refractivity contribution in [3.8, 4) is 0 Å². The Morgan fingerprint density at radius 3 is 2.19 bits per heavy atom. The zero-order valence-corrected chi connectivity index (χ0v) is 16.3. The Morgan fingerprint density at radius 1 is 1.04 bits per heavy atom. The maximum Gasteiger partial charge on any atom is 0.325 e. The first-order chi connectivity index (χ1) is 12.8. The quantitative estimate of drug-likeness (QED) is 0.568. The van der Waals surface area contributed by atoms with Crippen LogP contribution in [0.15, 0.2) is 0 Å². The van der Waals surface area contributed by atoms with Crippen LogP contribution in [0.4, 0.5) is 4.79 Å². The average molecular weight is 381 g/mol. The van der Waals surface area contributed by atoms with Crippen LogP contribution in [0.25, 0.3) is 0 Å². The third-order valence-corrected chi connectivity index (χ3v) is 5.59. The smallest absolute Gasteiger partial charge is 0.325 e. The molecule has 0 aromatic heterocycles. The lowest BCUT2D eigenvalue weighted by molar-refractivity contribution is -0.132. The predicted molar refractivity (Wildman–Crippen MR) is 99.0 cm³/mol. The van der Waals surface area contributed by atoms with E-state index in [1.165, 1.54) is 0 Å². The van der Waals surface area contributed by atoms with Gasteiger partial charge in [-0.2, -0.15) is 0 Å². The highest BCUT2D eigenvalue weighted by Crippen LogP contribution is 2.17. The van der Waals surface area contributed by atoms with Crippen LogP contribution in [-0.4, -0.2) is 113 Å². The van der Waals surface area contributed by atoms with Crippen LogP contribution in [0.2, 0.25) is 0 Å². The van der Waals surface area contributed by atoms with Crippen molar-refractivity contribution in [1.82, 2.24) is 24.9 Å². The summed E-state index contributed by atoms with van der Waals surface area (Å²) in [6, 6.07) is -0.450. The van der Waals surface area contributed by atoms with Gasteiger partial charge in [-0.25, -0.2) is 4.79 Å². The number of likely N-dealkylation sites (tertiary alicyclic amines) is 1. The van der Waals surface area contributed by atoms with Gasteiger partial charge in [-0.05, 0) is 26.7 Å². The summed E-state index contributed by atoms with van der Waals surface area (Å²) in [5.74, 6) is -0.0982. The van der Waals surface area contributed by atoms with Crippen molar-refractivity contribution in [3.05, 3.63) is 0 Å². The lowest BCUT2D eigenvalue weighted by Crippen LogP contribution is -2.52. The lowest BCUT2D eigenvalue weighted by Gasteiger charge is -2.36. The van der Waals surface area contributed by atoms with Crippen LogP contribution in [-0.2, 0) is 9.59 Å². The molecule has 0 radical (unpaired) electrons. The highest BCUT2D eigenvalue weighted by atomic mass is 16.3. The summed E-state index contributed by atoms with van der Waals surface area (Å²) in [5, 5.41) is 13.0. The first-order valence-corrected chi connectivity index (χ1v) is 9.81. The van der Waals surface area contributed by atoms with Crippen molar-refractivity contribution >= 4 is 17.8 Å². The SMILES string of the molecule is CC1(C)NC(=O)N(C[C@H](O)CN2CCN(CC(=O)N3CCCC3)CC2)C1=O. The number of aliphatic hydroxyl groups excluding tert-OH is 1. The number of carbonyl (C=O) groups is 3. The van der Waals surface area contributed by atoms with E-state index >= 15 is 0 Å². The van der Waals surface area contributed by atoms with Crippen LogP contribution in [0.3, 0.4) is 0 Å². The molecule has 0 saturated carbocycles. The number of rotatable bonds is 6. The summed E-state index contributed by atoms with van der Waals surface area (Å²) in [7, 11) is 0. The number of hydrogen-bond donors (Lipinski definition) is 2. The van der Waals surface area contributed by atoms with Crippen LogP contribution in [0.5, 0.6) is 0 Å². The molecule has 3 rings (SSSR count). The second kappa shape index (κ2) is 8.12. The molecule has 0 aliphatic carbocycles. The second-order valence-electron chi connectivity index (χ2n) is 8.29. The molecular formula is C18H31N5O4. The van der Waals surface area contributed by atoms with Crippen molar-refractivity contribution < 1.29 is 19.5 Å². The Balaban J connectivity index is 1.39. The Hall–Kier alpha value is -1.71. The molecule has 9 nitrogen and oxygen atoms in total. The Bertz CT molecular complexity index is 582. The molecule has 0 spiro atoms. The third kappa shape index (κ3) is 4.77. The summed E-state index contributed by atoms with van der Waals surface area (Å²) in [6.45, 7) is 9.03. The molecule has 3 aliphatic rings. The fraction of sp³-hybridized carbons (Fsp3) is 0.833. The lowest BCUT2D eigenvalue weighted by atomic mass is 10.1. The number of nitrogens with zero attached hydrogens (tertiary/aromatic N) is 4. The van der Waals surface area contributed by atoms with E-state index in [1.54, 1.807) is 13.8 Å². The van der Waals surface area contributed by atoms with E-state index < -0.39 is 17.7 Å². The van der Waals surface area contributed by atoms with Crippen molar-refractivity contribution in [2.24, 2.45) is 0 Å². The summed E-state index contributed by atoms with van der Waals surface area (Å²) < 4.78 is 0. The van der Waals surface area contributed by atoms with Gasteiger partial charge >= 0.3 is 6.03 Å². The average Bonchev–Trinajstić information content (AvgIpc) is 3.20. The van der Waals surface area contributed by atoms with Gasteiger partial charge < -0.3 is 15.3 Å². The fourth-order valence-corrected chi connectivity index (χ4v) is 3.94. The molecule has 3 aliphatic heterocycles. The van der Waals surface area contributed by atoms with Gasteiger partial charge in [-0.15, -0.1) is 0 Å². The number of nitrogens with one attached hydrogen (secondary N) is 1. The molecule has 0 aromatic rings. The molecule has 3 fully saturated rings. The predicted octanol–water partition coefficient (Wildman–Crippen LogP) is -1.08. The molecule has 3 heterocycles. The number of imide groups is 1. The Kier molecular flexibility index (Phi) is 6.02. The molecular weight excluding hydrogens is 350 g/mol. The molecule has 0 bridgehead atoms. The molecule has 0 aromatic carbocycles. The number of β-amino-alcohol motifs (C(OH)–C–C–N with tert-alkyl or cyclic N) is 1. The standard InChI is InChI=1S/C18H31N5O4/c1-18(2)16(26)23(17(27)19-18)12-14(24)11-20-7-9-21(10-8-20)13-15(25)22-5-3-4-6-22/h14,24H,3-13H2,1-2H3,(H,19,27)/t14-/m1/s1. The van der Waals surface area contributed by atoms with Gasteiger partial charge in [0.2, 0.25) is 5.91 Å². The highest BCUT2D eigenvalue weighted by Gasteiger charge is 2.44. The molecule has 4 amide bonds. The minimum Gasteiger partial charge on any atom is -0.390 e. The third-order valence-electron chi connectivity index (χ3n) is 5.59. The Labute approximate surface area is 160 Å². The molecule has 9 heteroatoms. The maximum atomic E-state index is 12.2. The van der Waals surface area contributed by atoms with E-state index in [0.717, 1.165) is 57.0 Å².